The molecule has 0 unspecified atom stereocenters. The molecule has 532 valence electrons. The number of benzene rings is 16. The first kappa shape index (κ1) is 65.9. The molecule has 0 radical (unpaired) electrons. The van der Waals surface area contributed by atoms with Crippen molar-refractivity contribution in [1.82, 2.24) is 34.1 Å². The standard InChI is InChI=1S/C52H31N3S2.C51H30N4S2/c1-3-13-33(14-4-1)43-31-44(34-15-5-2-6-16-34)54-52(53-43)35-25-23-32(24-26-35)41-29-36(30-42-38-18-9-12-22-48(38)56-50(41)42)55-45-20-10-7-19-40(45)49-46(55)28-27-39-37-17-8-11-21-47(37)57-51(39)49;1-3-13-32(14-4-1)49-52-50(33-15-5-2-6-16-33)54-51(53-49)34-25-23-31(24-26-34)40-29-35(30-41-37-18-9-12-22-45(37)56-47(40)41)55-42-20-10-7-19-39(42)46-43(55)28-27-38-36-17-8-11-21-44(36)57-48(38)46/h1-31H;1-30H. The van der Waals surface area contributed by atoms with E-state index < -0.39 is 0 Å². The van der Waals surface area contributed by atoms with E-state index in [0.29, 0.717) is 23.3 Å². The molecule has 0 aliphatic heterocycles. The molecule has 0 saturated carbocycles. The second kappa shape index (κ2) is 26.9. The third-order valence-electron chi connectivity index (χ3n) is 22.3. The summed E-state index contributed by atoms with van der Waals surface area (Å²) in [5, 5.41) is 15.5. The summed E-state index contributed by atoms with van der Waals surface area (Å²) in [6.45, 7) is 0. The Morgan fingerprint density at radius 2 is 0.474 bits per heavy atom. The molecule has 16 aromatic carbocycles. The van der Waals surface area contributed by atoms with Crippen molar-refractivity contribution in [2.45, 2.75) is 0 Å². The molecule has 8 aromatic heterocycles. The van der Waals surface area contributed by atoms with Crippen molar-refractivity contribution in [2.24, 2.45) is 0 Å². The Morgan fingerprint density at radius 3 is 0.851 bits per heavy atom. The summed E-state index contributed by atoms with van der Waals surface area (Å²) in [5.41, 5.74) is 19.7. The van der Waals surface area contributed by atoms with Gasteiger partial charge >= 0.3 is 0 Å². The van der Waals surface area contributed by atoms with Crippen molar-refractivity contribution in [3.63, 3.8) is 0 Å². The highest BCUT2D eigenvalue weighted by molar-refractivity contribution is 7.28. The van der Waals surface area contributed by atoms with Crippen LogP contribution in [0.2, 0.25) is 0 Å². The third-order valence-corrected chi connectivity index (χ3v) is 27.1. The van der Waals surface area contributed by atoms with Crippen LogP contribution in [0, 0.1) is 0 Å². The Kier molecular flexibility index (Phi) is 15.6. The average Bonchev–Trinajstić information content (AvgIpc) is 1.56. The summed E-state index contributed by atoms with van der Waals surface area (Å²) in [6.07, 6.45) is 0. The Balaban J connectivity index is 0.000000135. The van der Waals surface area contributed by atoms with Crippen molar-refractivity contribution in [1.29, 1.82) is 0 Å². The zero-order valence-corrected chi connectivity index (χ0v) is 64.2. The van der Waals surface area contributed by atoms with Gasteiger partial charge in [0, 0.05) is 158 Å². The van der Waals surface area contributed by atoms with E-state index in [9.17, 15) is 0 Å². The van der Waals surface area contributed by atoms with Gasteiger partial charge in [-0.05, 0) is 90.0 Å². The highest BCUT2D eigenvalue weighted by Crippen LogP contribution is 2.50. The smallest absolute Gasteiger partial charge is 0.164 e. The van der Waals surface area contributed by atoms with E-state index in [1.807, 2.05) is 118 Å². The molecule has 0 N–H and O–H groups in total. The molecule has 24 aromatic rings. The minimum Gasteiger partial charge on any atom is -0.309 e. The van der Waals surface area contributed by atoms with E-state index in [-0.39, 0.29) is 0 Å². The van der Waals surface area contributed by atoms with Crippen LogP contribution in [0.1, 0.15) is 0 Å². The number of rotatable bonds is 10. The molecule has 0 bridgehead atoms. The molecule has 114 heavy (non-hydrogen) atoms. The fourth-order valence-electron chi connectivity index (χ4n) is 17.0. The first-order valence-electron chi connectivity index (χ1n) is 38.2. The van der Waals surface area contributed by atoms with Crippen molar-refractivity contribution < 1.29 is 0 Å². The molecule has 0 amide bonds. The van der Waals surface area contributed by atoms with Gasteiger partial charge in [0.1, 0.15) is 0 Å². The number of thiophene rings is 4. The van der Waals surface area contributed by atoms with E-state index in [1.165, 1.54) is 135 Å². The minimum absolute atomic E-state index is 0.646. The number of fused-ring (bicyclic) bond motifs is 20. The number of hydrogen-bond donors (Lipinski definition) is 0. The van der Waals surface area contributed by atoms with E-state index in [0.717, 1.165) is 67.3 Å². The first-order valence-corrected chi connectivity index (χ1v) is 41.4. The van der Waals surface area contributed by atoms with Crippen LogP contribution in [0.5, 0.6) is 0 Å². The molecule has 0 spiro atoms. The number of aromatic nitrogens is 7. The van der Waals surface area contributed by atoms with Gasteiger partial charge in [0.25, 0.3) is 0 Å². The fourth-order valence-corrected chi connectivity index (χ4v) is 21.9. The number of hydrogen-bond acceptors (Lipinski definition) is 9. The average molecular weight is 1520 g/mol. The Bertz CT molecular complexity index is 7370. The molecule has 7 nitrogen and oxygen atoms in total. The topological polar surface area (TPSA) is 74.3 Å². The SMILES string of the molecule is c1ccc(-c2cc(-c3ccccc3)nc(-c3ccc(-c4cc(-n5c6ccccc6c6c7sc8ccccc8c7ccc65)cc5c4sc4ccccc45)cc3)n2)cc1.c1ccc(-c2nc(-c3ccccc3)nc(-c3ccc(-c4cc(-n5c6ccccc6c6c7sc8ccccc8c7ccc65)cc5c4sc4ccccc45)cc3)n2)cc1. The van der Waals surface area contributed by atoms with Gasteiger partial charge in [-0.15, -0.1) is 45.3 Å². The lowest BCUT2D eigenvalue weighted by atomic mass is 10.00. The van der Waals surface area contributed by atoms with E-state index in [1.54, 1.807) is 0 Å². The lowest BCUT2D eigenvalue weighted by Gasteiger charge is -2.13. The van der Waals surface area contributed by atoms with Crippen molar-refractivity contribution in [2.75, 3.05) is 0 Å². The van der Waals surface area contributed by atoms with Crippen LogP contribution in [0.4, 0.5) is 0 Å². The summed E-state index contributed by atoms with van der Waals surface area (Å²) < 4.78 is 15.4. The van der Waals surface area contributed by atoms with Crippen LogP contribution in [0.3, 0.4) is 0 Å². The molecule has 0 atom stereocenters. The quantitative estimate of drug-likeness (QED) is 0.136. The van der Waals surface area contributed by atoms with Gasteiger partial charge in [-0.2, -0.15) is 0 Å². The van der Waals surface area contributed by atoms with Crippen LogP contribution in [0.25, 0.3) is 226 Å². The highest BCUT2D eigenvalue weighted by Gasteiger charge is 2.25. The molecule has 0 aliphatic carbocycles. The maximum Gasteiger partial charge on any atom is 0.164 e. The Morgan fingerprint density at radius 1 is 0.184 bits per heavy atom. The predicted octanol–water partition coefficient (Wildman–Crippen LogP) is 29.4. The van der Waals surface area contributed by atoms with Gasteiger partial charge in [-0.1, -0.05) is 291 Å². The zero-order valence-electron chi connectivity index (χ0n) is 61.0. The van der Waals surface area contributed by atoms with Crippen LogP contribution in [0.15, 0.2) is 370 Å². The zero-order chi connectivity index (χ0) is 74.9. The lowest BCUT2D eigenvalue weighted by molar-refractivity contribution is 1.07. The molecule has 11 heteroatoms. The second-order valence-electron chi connectivity index (χ2n) is 28.9. The van der Waals surface area contributed by atoms with E-state index in [4.69, 9.17) is 24.9 Å². The van der Waals surface area contributed by atoms with Gasteiger partial charge in [0.2, 0.25) is 0 Å². The lowest BCUT2D eigenvalue weighted by Crippen LogP contribution is -2.00. The molecule has 24 rings (SSSR count). The van der Waals surface area contributed by atoms with Crippen LogP contribution in [-0.4, -0.2) is 34.1 Å². The van der Waals surface area contributed by atoms with Crippen molar-refractivity contribution in [3.05, 3.63) is 370 Å². The number of nitrogens with zero attached hydrogens (tertiary/aromatic N) is 7. The van der Waals surface area contributed by atoms with Gasteiger partial charge in [-0.25, -0.2) is 24.9 Å². The van der Waals surface area contributed by atoms with E-state index >= 15 is 0 Å². The molecule has 0 fully saturated rings. The predicted molar refractivity (Wildman–Crippen MR) is 486 cm³/mol. The van der Waals surface area contributed by atoms with Crippen molar-refractivity contribution >= 4 is 170 Å². The normalized spacial score (nSPS) is 11.9. The van der Waals surface area contributed by atoms with Gasteiger partial charge in [0.15, 0.2) is 23.3 Å². The summed E-state index contributed by atoms with van der Waals surface area (Å²) in [6, 6.07) is 132. The summed E-state index contributed by atoms with van der Waals surface area (Å²) in [7, 11) is 0. The monoisotopic (exact) mass is 1520 g/mol. The minimum atomic E-state index is 0.646. The maximum atomic E-state index is 5.11. The van der Waals surface area contributed by atoms with Crippen molar-refractivity contribution in [3.8, 4) is 102 Å². The van der Waals surface area contributed by atoms with Crippen LogP contribution >= 0.6 is 45.3 Å². The summed E-state index contributed by atoms with van der Waals surface area (Å²) in [4.78, 5) is 25.1. The first-order chi connectivity index (χ1) is 56.5. The number of para-hydroxylation sites is 2. The largest absolute Gasteiger partial charge is 0.309 e. The molecular weight excluding hydrogens is 1460 g/mol. The summed E-state index contributed by atoms with van der Waals surface area (Å²) in [5.74, 6) is 2.66. The molecule has 8 heterocycles. The Hall–Kier alpha value is -13.9. The van der Waals surface area contributed by atoms with Gasteiger partial charge in [-0.3, -0.25) is 0 Å². The maximum absolute atomic E-state index is 5.11. The van der Waals surface area contributed by atoms with Gasteiger partial charge in [0.05, 0.1) is 33.5 Å². The molecular formula is C103H61N7S4. The van der Waals surface area contributed by atoms with Crippen LogP contribution < -0.4 is 0 Å². The fraction of sp³-hybridized carbons (Fsp3) is 0. The molecule has 0 aliphatic rings. The molecule has 0 saturated heterocycles. The van der Waals surface area contributed by atoms with Gasteiger partial charge < -0.3 is 9.13 Å². The summed E-state index contributed by atoms with van der Waals surface area (Å²) >= 11 is 7.52. The highest BCUT2D eigenvalue weighted by atomic mass is 32.1. The van der Waals surface area contributed by atoms with Crippen LogP contribution in [-0.2, 0) is 0 Å². The Labute approximate surface area is 670 Å². The van der Waals surface area contributed by atoms with E-state index in [2.05, 4.69) is 306 Å². The second-order valence-corrected chi connectivity index (χ2v) is 33.1. The third kappa shape index (κ3) is 11.0.